The molecule has 0 aromatic heterocycles. The van der Waals surface area contributed by atoms with Gasteiger partial charge in [-0.3, -0.25) is 9.11 Å². The van der Waals surface area contributed by atoms with Crippen LogP contribution in [0.15, 0.2) is 128 Å². The van der Waals surface area contributed by atoms with Gasteiger partial charge in [0.2, 0.25) is 0 Å². The molecule has 1 aliphatic heterocycles. The van der Waals surface area contributed by atoms with Crippen LogP contribution in [0.5, 0.6) is 0 Å². The van der Waals surface area contributed by atoms with Gasteiger partial charge >= 0.3 is 0 Å². The third kappa shape index (κ3) is 7.44. The molecule has 2 aliphatic rings. The van der Waals surface area contributed by atoms with Crippen molar-refractivity contribution in [1.29, 1.82) is 0 Å². The Morgan fingerprint density at radius 1 is 0.830 bits per heavy atom. The van der Waals surface area contributed by atoms with Crippen LogP contribution < -0.4 is 10.7 Å². The molecule has 3 N–H and O–H groups in total. The van der Waals surface area contributed by atoms with Crippen LogP contribution in [-0.2, 0) is 20.2 Å². The van der Waals surface area contributed by atoms with Crippen molar-refractivity contribution in [2.24, 2.45) is 4.99 Å². The molecule has 0 atom stereocenters. The van der Waals surface area contributed by atoms with Crippen LogP contribution in [-0.4, -0.2) is 25.9 Å². The highest BCUT2D eigenvalue weighted by atomic mass is 32.2. The van der Waals surface area contributed by atoms with E-state index in [2.05, 4.69) is 18.0 Å². The molecule has 3 aromatic rings. The highest BCUT2D eigenvalue weighted by molar-refractivity contribution is 7.86. The first-order valence-corrected chi connectivity index (χ1v) is 17.4. The zero-order valence-corrected chi connectivity index (χ0v) is 28.1. The van der Waals surface area contributed by atoms with E-state index in [4.69, 9.17) is 9.41 Å². The van der Waals surface area contributed by atoms with Gasteiger partial charge < -0.3 is 9.73 Å². The first-order chi connectivity index (χ1) is 22.0. The summed E-state index contributed by atoms with van der Waals surface area (Å²) in [6, 6.07) is 19.6. The van der Waals surface area contributed by atoms with Crippen molar-refractivity contribution in [3.8, 4) is 22.5 Å². The fourth-order valence-electron chi connectivity index (χ4n) is 5.17. The number of hydrogen-bond acceptors (Lipinski definition) is 7. The third-order valence-electron chi connectivity index (χ3n) is 7.43. The molecule has 9 nitrogen and oxygen atoms in total. The molecule has 0 radical (unpaired) electrons. The number of rotatable bonds is 8. The molecule has 0 spiro atoms. The van der Waals surface area contributed by atoms with E-state index in [0.29, 0.717) is 44.6 Å². The molecule has 0 amide bonds. The van der Waals surface area contributed by atoms with Crippen molar-refractivity contribution in [2.45, 2.75) is 44.4 Å². The van der Waals surface area contributed by atoms with Gasteiger partial charge in [-0.25, -0.2) is 4.99 Å². The van der Waals surface area contributed by atoms with Crippen LogP contribution >= 0.6 is 0 Å². The number of nitrogens with zero attached hydrogens (tertiary/aromatic N) is 1. The summed E-state index contributed by atoms with van der Waals surface area (Å²) in [7, 11) is -9.74. The third-order valence-corrected chi connectivity index (χ3v) is 9.17. The predicted octanol–water partition coefficient (Wildman–Crippen LogP) is 8.39. The van der Waals surface area contributed by atoms with Gasteiger partial charge in [0, 0.05) is 45.6 Å². The van der Waals surface area contributed by atoms with Crippen molar-refractivity contribution < 1.29 is 30.4 Å². The Kier molecular flexibility index (Phi) is 9.11. The average molecular weight is 671 g/mol. The number of hydrogen-bond donors (Lipinski definition) is 3. The first kappa shape index (κ1) is 33.6. The van der Waals surface area contributed by atoms with E-state index in [1.54, 1.807) is 30.3 Å². The van der Waals surface area contributed by atoms with E-state index in [1.807, 2.05) is 65.0 Å². The largest absolute Gasteiger partial charge is 0.456 e. The minimum Gasteiger partial charge on any atom is -0.456 e. The van der Waals surface area contributed by atoms with Crippen molar-refractivity contribution >= 4 is 42.6 Å². The van der Waals surface area contributed by atoms with Crippen LogP contribution in [0.2, 0.25) is 0 Å². The zero-order chi connectivity index (χ0) is 34.3. The molecular weight excluding hydrogens is 637 g/mol. The number of aryl methyl sites for hydroxylation is 2. The molecule has 0 saturated carbocycles. The van der Waals surface area contributed by atoms with Crippen LogP contribution in [0.4, 0.5) is 11.4 Å². The molecule has 0 unspecified atom stereocenters. The monoisotopic (exact) mass is 670 g/mol. The number of allylic oxidation sites excluding steroid dienone is 4. The topological polar surface area (TPSA) is 146 Å². The Hall–Kier alpha value is -4.81. The highest BCUT2D eigenvalue weighted by Crippen LogP contribution is 2.43. The highest BCUT2D eigenvalue weighted by Gasteiger charge is 2.26. The molecule has 5 rings (SSSR count). The fraction of sp³-hybridized carbons (Fsp3) is 0.139. The molecular formula is C36H34N2O7S2. The summed E-state index contributed by atoms with van der Waals surface area (Å²) in [5.41, 5.74) is 7.46. The molecule has 0 fully saturated rings. The Balaban J connectivity index is 1.83. The summed E-state index contributed by atoms with van der Waals surface area (Å²) in [5.74, 6) is 0.348. The number of anilines is 2. The van der Waals surface area contributed by atoms with Crippen LogP contribution in [0.25, 0.3) is 33.4 Å². The van der Waals surface area contributed by atoms with Gasteiger partial charge in [0.1, 0.15) is 16.2 Å². The van der Waals surface area contributed by atoms with E-state index >= 15 is 0 Å². The van der Waals surface area contributed by atoms with E-state index < -0.39 is 30.0 Å². The second-order valence-electron chi connectivity index (χ2n) is 11.6. The molecule has 3 aromatic carbocycles. The molecule has 47 heavy (non-hydrogen) atoms. The minimum absolute atomic E-state index is 0.0107. The van der Waals surface area contributed by atoms with Gasteiger partial charge in [-0.15, -0.1) is 0 Å². The van der Waals surface area contributed by atoms with Crippen molar-refractivity contribution in [3.05, 3.63) is 125 Å². The number of benzene rings is 4. The number of fused-ring (bicyclic) bond motifs is 2. The van der Waals surface area contributed by atoms with Gasteiger partial charge in [-0.2, -0.15) is 16.8 Å². The smallest absolute Gasteiger partial charge is 0.295 e. The van der Waals surface area contributed by atoms with Gasteiger partial charge in [-0.05, 0) is 94.3 Å². The maximum Gasteiger partial charge on any atom is 0.295 e. The van der Waals surface area contributed by atoms with E-state index in [9.17, 15) is 25.9 Å². The molecule has 0 saturated heterocycles. The van der Waals surface area contributed by atoms with E-state index in [1.165, 1.54) is 6.07 Å². The van der Waals surface area contributed by atoms with E-state index in [0.717, 1.165) is 40.1 Å². The van der Waals surface area contributed by atoms with Crippen LogP contribution in [0.1, 0.15) is 31.9 Å². The lowest BCUT2D eigenvalue weighted by Crippen LogP contribution is -2.07. The second kappa shape index (κ2) is 12.8. The summed E-state index contributed by atoms with van der Waals surface area (Å²) >= 11 is 0. The van der Waals surface area contributed by atoms with E-state index in [-0.39, 0.29) is 5.56 Å². The zero-order valence-electron chi connectivity index (χ0n) is 26.5. The summed E-state index contributed by atoms with van der Waals surface area (Å²) in [6.45, 7) is 13.8. The summed E-state index contributed by atoms with van der Waals surface area (Å²) in [6.07, 6.45) is 3.80. The van der Waals surface area contributed by atoms with Crippen LogP contribution in [0.3, 0.4) is 0 Å². The van der Waals surface area contributed by atoms with Gasteiger partial charge in [-0.1, -0.05) is 42.0 Å². The lowest BCUT2D eigenvalue weighted by Gasteiger charge is -2.18. The number of nitrogens with one attached hydrogen (secondary N) is 1. The Morgan fingerprint density at radius 3 is 2.19 bits per heavy atom. The quantitative estimate of drug-likeness (QED) is 0.0848. The molecule has 242 valence electrons. The predicted molar refractivity (Wildman–Crippen MR) is 185 cm³/mol. The summed E-state index contributed by atoms with van der Waals surface area (Å²) in [4.78, 5) is 3.39. The maximum absolute atomic E-state index is 12.7. The Bertz CT molecular complexity index is 2400. The molecule has 0 bridgehead atoms. The van der Waals surface area contributed by atoms with Crippen molar-refractivity contribution in [2.75, 3.05) is 5.32 Å². The summed E-state index contributed by atoms with van der Waals surface area (Å²) in [5, 5.41) is 4.44. The van der Waals surface area contributed by atoms with Gasteiger partial charge in [0.25, 0.3) is 20.2 Å². The SMILES string of the molecule is C=C(C)C(=C\C=C(C)C)/N=c1\ccc2c(-c3ccc(S(=O)(=O)O)cc3S(=O)(=O)O)c3ccc(Nc4ccc(C)cc4C)cc3oc-2c1. The lowest BCUT2D eigenvalue weighted by molar-refractivity contribution is 0.481. The molecule has 1 aliphatic carbocycles. The second-order valence-corrected chi connectivity index (χ2v) is 14.4. The van der Waals surface area contributed by atoms with Gasteiger partial charge in [0.15, 0.2) is 0 Å². The average Bonchev–Trinajstić information content (AvgIpc) is 2.98. The maximum atomic E-state index is 12.7. The summed E-state index contributed by atoms with van der Waals surface area (Å²) < 4.78 is 75.4. The normalized spacial score (nSPS) is 12.8. The minimum atomic E-state index is -4.97. The first-order valence-electron chi connectivity index (χ1n) is 14.5. The molecule has 11 heteroatoms. The van der Waals surface area contributed by atoms with Gasteiger partial charge in [0.05, 0.1) is 15.9 Å². The molecule has 1 heterocycles. The Labute approximate surface area is 274 Å². The van der Waals surface area contributed by atoms with Crippen molar-refractivity contribution in [1.82, 2.24) is 0 Å². The van der Waals surface area contributed by atoms with Crippen molar-refractivity contribution in [3.63, 3.8) is 0 Å². The Morgan fingerprint density at radius 2 is 1.55 bits per heavy atom. The fourth-order valence-corrected chi connectivity index (χ4v) is 6.47. The lowest BCUT2D eigenvalue weighted by atomic mass is 9.93. The van der Waals surface area contributed by atoms with Crippen LogP contribution in [0, 0.1) is 13.8 Å². The standard InChI is InChI=1S/C36H34N2O7S2/c1-21(2)7-15-31(22(3)4)37-25-9-12-28-33(18-25)45-34-19-26(38-32-16-8-23(5)17-24(32)6)10-13-29(34)36(28)30-14-11-27(46(39,40)41)20-35(30)47(42,43)44/h7-20,38H,3H2,1-2,4-6H3,(H,39,40,41)(H,42,43,44)/b31-15+,37-25+.